The molecule has 1 aromatic carbocycles. The summed E-state index contributed by atoms with van der Waals surface area (Å²) in [6, 6.07) is 5.92. The second kappa shape index (κ2) is 5.59. The molecule has 102 valence electrons. The second-order valence-electron chi connectivity index (χ2n) is 4.68. The molecule has 0 aliphatic rings. The van der Waals surface area contributed by atoms with Crippen molar-refractivity contribution in [3.05, 3.63) is 44.6 Å². The van der Waals surface area contributed by atoms with Crippen molar-refractivity contribution in [1.29, 1.82) is 5.26 Å². The van der Waals surface area contributed by atoms with Crippen LogP contribution >= 0.6 is 15.9 Å². The molecule has 0 spiro atoms. The third-order valence-corrected chi connectivity index (χ3v) is 4.41. The summed E-state index contributed by atoms with van der Waals surface area (Å²) in [5.74, 6) is 0.897. The normalized spacial score (nSPS) is 10.2. The Morgan fingerprint density at radius 2 is 1.70 bits per heavy atom. The van der Waals surface area contributed by atoms with Crippen LogP contribution < -0.4 is 4.74 Å². The predicted molar refractivity (Wildman–Crippen MR) is 79.9 cm³/mol. The first kappa shape index (κ1) is 14.5. The molecule has 0 saturated carbocycles. The number of aryl methyl sites for hydroxylation is 3. The van der Waals surface area contributed by atoms with Crippen LogP contribution in [0.3, 0.4) is 0 Å². The minimum Gasteiger partial charge on any atom is -0.437 e. The Kier molecular flexibility index (Phi) is 4.05. The molecule has 0 aliphatic carbocycles. The predicted octanol–water partition coefficient (Wildman–Crippen LogP) is 4.14. The van der Waals surface area contributed by atoms with Gasteiger partial charge in [-0.15, -0.1) is 5.10 Å². The molecule has 0 bridgehead atoms. The number of hydrogen-bond acceptors (Lipinski definition) is 4. The van der Waals surface area contributed by atoms with E-state index in [9.17, 15) is 5.26 Å². The second-order valence-corrected chi connectivity index (χ2v) is 5.47. The highest BCUT2D eigenvalue weighted by Gasteiger charge is 2.13. The SMILES string of the molecule is Cc1cc(Oc2nnc(C)c(C)c2C#N)cc(C)c1Br. The Morgan fingerprint density at radius 3 is 2.25 bits per heavy atom. The van der Waals surface area contributed by atoms with E-state index in [1.807, 2.05) is 39.8 Å². The highest BCUT2D eigenvalue weighted by molar-refractivity contribution is 9.10. The zero-order valence-electron chi connectivity index (χ0n) is 11.8. The lowest BCUT2D eigenvalue weighted by atomic mass is 10.1. The van der Waals surface area contributed by atoms with Crippen LogP contribution in [0.25, 0.3) is 0 Å². The fraction of sp³-hybridized carbons (Fsp3) is 0.267. The van der Waals surface area contributed by atoms with Gasteiger partial charge in [0.2, 0.25) is 0 Å². The average Bonchev–Trinajstić information content (AvgIpc) is 2.40. The first-order chi connectivity index (χ1) is 9.43. The van der Waals surface area contributed by atoms with Gasteiger partial charge in [0.25, 0.3) is 5.88 Å². The quantitative estimate of drug-likeness (QED) is 0.829. The van der Waals surface area contributed by atoms with Gasteiger partial charge in [-0.05, 0) is 56.5 Å². The average molecular weight is 332 g/mol. The lowest BCUT2D eigenvalue weighted by molar-refractivity contribution is 0.451. The fourth-order valence-electron chi connectivity index (χ4n) is 1.87. The lowest BCUT2D eigenvalue weighted by Gasteiger charge is -2.11. The van der Waals surface area contributed by atoms with Crippen molar-refractivity contribution in [2.45, 2.75) is 27.7 Å². The molecule has 0 N–H and O–H groups in total. The molecule has 20 heavy (non-hydrogen) atoms. The maximum Gasteiger partial charge on any atom is 0.257 e. The number of halogens is 1. The first-order valence-electron chi connectivity index (χ1n) is 6.12. The molecular formula is C15H14BrN3O. The lowest BCUT2D eigenvalue weighted by Crippen LogP contribution is -2.00. The van der Waals surface area contributed by atoms with Crippen molar-refractivity contribution in [3.8, 4) is 17.7 Å². The van der Waals surface area contributed by atoms with Gasteiger partial charge in [0, 0.05) is 4.47 Å². The third kappa shape index (κ3) is 2.66. The summed E-state index contributed by atoms with van der Waals surface area (Å²) in [7, 11) is 0. The van der Waals surface area contributed by atoms with E-state index in [0.717, 1.165) is 26.9 Å². The van der Waals surface area contributed by atoms with Crippen LogP contribution in [-0.2, 0) is 0 Å². The maximum atomic E-state index is 9.25. The number of rotatable bonds is 2. The van der Waals surface area contributed by atoms with Gasteiger partial charge in [0.05, 0.1) is 5.69 Å². The number of benzene rings is 1. The first-order valence-corrected chi connectivity index (χ1v) is 6.92. The monoisotopic (exact) mass is 331 g/mol. The summed E-state index contributed by atoms with van der Waals surface area (Å²) in [4.78, 5) is 0. The van der Waals surface area contributed by atoms with Gasteiger partial charge >= 0.3 is 0 Å². The van der Waals surface area contributed by atoms with E-state index in [-0.39, 0.29) is 5.88 Å². The minimum absolute atomic E-state index is 0.247. The van der Waals surface area contributed by atoms with E-state index >= 15 is 0 Å². The van der Waals surface area contributed by atoms with Crippen LogP contribution in [0.5, 0.6) is 11.6 Å². The van der Waals surface area contributed by atoms with Crippen LogP contribution in [0.1, 0.15) is 27.9 Å². The fourth-order valence-corrected chi connectivity index (χ4v) is 2.10. The summed E-state index contributed by atoms with van der Waals surface area (Å²) in [5.41, 5.74) is 4.08. The number of ether oxygens (including phenoxy) is 1. The number of nitriles is 1. The molecular weight excluding hydrogens is 318 g/mol. The Hall–Kier alpha value is -1.93. The summed E-state index contributed by atoms with van der Waals surface area (Å²) in [6.07, 6.45) is 0. The van der Waals surface area contributed by atoms with Gasteiger partial charge in [-0.3, -0.25) is 0 Å². The molecule has 2 aromatic rings. The smallest absolute Gasteiger partial charge is 0.257 e. The summed E-state index contributed by atoms with van der Waals surface area (Å²) in [6.45, 7) is 7.64. The Balaban J connectivity index is 2.46. The molecule has 0 radical (unpaired) electrons. The standard InChI is InChI=1S/C15H14BrN3O/c1-8-5-12(6-9(2)14(8)16)20-15-13(7-17)10(3)11(4)18-19-15/h5-6H,1-4H3. The van der Waals surface area contributed by atoms with E-state index < -0.39 is 0 Å². The Bertz CT molecular complexity index is 697. The zero-order valence-corrected chi connectivity index (χ0v) is 13.4. The molecule has 1 heterocycles. The van der Waals surface area contributed by atoms with Crippen molar-refractivity contribution in [1.82, 2.24) is 10.2 Å². The zero-order chi connectivity index (χ0) is 14.9. The summed E-state index contributed by atoms with van der Waals surface area (Å²) < 4.78 is 6.79. The molecule has 2 rings (SSSR count). The number of hydrogen-bond donors (Lipinski definition) is 0. The maximum absolute atomic E-state index is 9.25. The molecule has 1 aromatic heterocycles. The van der Waals surface area contributed by atoms with Gasteiger partial charge in [-0.1, -0.05) is 15.9 Å². The van der Waals surface area contributed by atoms with Crippen LogP contribution in [-0.4, -0.2) is 10.2 Å². The topological polar surface area (TPSA) is 58.8 Å². The van der Waals surface area contributed by atoms with Crippen molar-refractivity contribution < 1.29 is 4.74 Å². The molecule has 0 aliphatic heterocycles. The van der Waals surface area contributed by atoms with Crippen LogP contribution in [0, 0.1) is 39.0 Å². The third-order valence-electron chi connectivity index (χ3n) is 3.16. The molecule has 0 unspecified atom stereocenters. The summed E-state index contributed by atoms with van der Waals surface area (Å²) >= 11 is 3.51. The molecule has 0 saturated heterocycles. The van der Waals surface area contributed by atoms with Crippen LogP contribution in [0.4, 0.5) is 0 Å². The van der Waals surface area contributed by atoms with Gasteiger partial charge in [-0.2, -0.15) is 10.4 Å². The summed E-state index contributed by atoms with van der Waals surface area (Å²) in [5, 5.41) is 17.2. The molecule has 0 amide bonds. The van der Waals surface area contributed by atoms with E-state index in [1.165, 1.54) is 0 Å². The van der Waals surface area contributed by atoms with Crippen LogP contribution in [0.15, 0.2) is 16.6 Å². The number of nitrogens with zero attached hydrogens (tertiary/aromatic N) is 3. The van der Waals surface area contributed by atoms with Crippen molar-refractivity contribution >= 4 is 15.9 Å². The van der Waals surface area contributed by atoms with E-state index in [1.54, 1.807) is 0 Å². The molecule has 0 fully saturated rings. The largest absolute Gasteiger partial charge is 0.437 e. The Morgan fingerprint density at radius 1 is 1.10 bits per heavy atom. The van der Waals surface area contributed by atoms with Crippen molar-refractivity contribution in [2.75, 3.05) is 0 Å². The highest BCUT2D eigenvalue weighted by atomic mass is 79.9. The molecule has 5 heteroatoms. The van der Waals surface area contributed by atoms with E-state index in [4.69, 9.17) is 4.74 Å². The number of aromatic nitrogens is 2. The van der Waals surface area contributed by atoms with Crippen LogP contribution in [0.2, 0.25) is 0 Å². The van der Waals surface area contributed by atoms with Gasteiger partial charge in [0.1, 0.15) is 17.4 Å². The highest BCUT2D eigenvalue weighted by Crippen LogP contribution is 2.30. The Labute approximate surface area is 126 Å². The van der Waals surface area contributed by atoms with Gasteiger partial charge in [-0.25, -0.2) is 0 Å². The van der Waals surface area contributed by atoms with E-state index in [0.29, 0.717) is 11.3 Å². The van der Waals surface area contributed by atoms with E-state index in [2.05, 4.69) is 32.2 Å². The van der Waals surface area contributed by atoms with Gasteiger partial charge in [0.15, 0.2) is 0 Å². The van der Waals surface area contributed by atoms with Crippen molar-refractivity contribution in [3.63, 3.8) is 0 Å². The van der Waals surface area contributed by atoms with Gasteiger partial charge < -0.3 is 4.74 Å². The van der Waals surface area contributed by atoms with Crippen molar-refractivity contribution in [2.24, 2.45) is 0 Å². The molecule has 0 atom stereocenters. The minimum atomic E-state index is 0.247. The molecule has 4 nitrogen and oxygen atoms in total.